The monoisotopic (exact) mass is 271 g/mol. The molecule has 0 aliphatic rings. The molecule has 0 fully saturated rings. The Kier molecular flexibility index (Phi) is 3.09. The van der Waals surface area contributed by atoms with Crippen molar-refractivity contribution in [1.29, 1.82) is 0 Å². The van der Waals surface area contributed by atoms with Crippen molar-refractivity contribution >= 4 is 40.1 Å². The number of rotatable bonds is 2. The van der Waals surface area contributed by atoms with Crippen molar-refractivity contribution in [2.24, 2.45) is 0 Å². The molecule has 0 unspecified atom stereocenters. The highest BCUT2D eigenvalue weighted by molar-refractivity contribution is 6.40. The Hall–Kier alpha value is -1.52. The molecule has 0 aliphatic carbocycles. The van der Waals surface area contributed by atoms with Crippen LogP contribution in [0.1, 0.15) is 10.5 Å². The Morgan fingerprint density at radius 1 is 1.35 bits per heavy atom. The maximum Gasteiger partial charge on any atom is 0.354 e. The molecular formula is C11H7Cl2NO3. The minimum Gasteiger partial charge on any atom is -0.496 e. The van der Waals surface area contributed by atoms with Gasteiger partial charge >= 0.3 is 5.97 Å². The summed E-state index contributed by atoms with van der Waals surface area (Å²) >= 11 is 12.0. The normalized spacial score (nSPS) is 10.5. The zero-order valence-corrected chi connectivity index (χ0v) is 10.2. The van der Waals surface area contributed by atoms with Crippen LogP contribution < -0.4 is 4.74 Å². The fourth-order valence-electron chi connectivity index (χ4n) is 1.51. The predicted octanol–water partition coefficient (Wildman–Crippen LogP) is 3.25. The first-order valence-corrected chi connectivity index (χ1v) is 5.36. The lowest BCUT2D eigenvalue weighted by molar-refractivity contribution is 0.0691. The quantitative estimate of drug-likeness (QED) is 0.911. The van der Waals surface area contributed by atoms with Gasteiger partial charge in [0, 0.05) is 0 Å². The summed E-state index contributed by atoms with van der Waals surface area (Å²) in [7, 11) is 1.49. The summed E-state index contributed by atoms with van der Waals surface area (Å²) in [4.78, 5) is 14.8. The number of nitrogens with zero attached hydrogens (tertiary/aromatic N) is 1. The average molecular weight is 272 g/mol. The van der Waals surface area contributed by atoms with Gasteiger partial charge in [0.1, 0.15) is 11.4 Å². The third kappa shape index (κ3) is 2.01. The minimum absolute atomic E-state index is 0.155. The maximum absolute atomic E-state index is 10.9. The second-order valence-electron chi connectivity index (χ2n) is 3.27. The summed E-state index contributed by atoms with van der Waals surface area (Å²) in [5.41, 5.74) is 0.161. The van der Waals surface area contributed by atoms with E-state index in [1.165, 1.54) is 13.2 Å². The highest BCUT2D eigenvalue weighted by Gasteiger charge is 2.15. The molecule has 4 nitrogen and oxygen atoms in total. The molecule has 0 radical (unpaired) electrons. The van der Waals surface area contributed by atoms with Crippen LogP contribution in [0, 0.1) is 0 Å². The van der Waals surface area contributed by atoms with Gasteiger partial charge in [0.15, 0.2) is 0 Å². The van der Waals surface area contributed by atoms with Crippen LogP contribution in [0.4, 0.5) is 0 Å². The maximum atomic E-state index is 10.9. The number of aromatic nitrogens is 1. The van der Waals surface area contributed by atoms with Crippen molar-refractivity contribution < 1.29 is 14.6 Å². The van der Waals surface area contributed by atoms with E-state index in [1.807, 2.05) is 0 Å². The van der Waals surface area contributed by atoms with Crippen molar-refractivity contribution in [2.75, 3.05) is 7.11 Å². The molecule has 2 rings (SSSR count). The summed E-state index contributed by atoms with van der Waals surface area (Å²) in [6.07, 6.45) is 0. The van der Waals surface area contributed by atoms with Crippen LogP contribution in [-0.4, -0.2) is 23.2 Å². The number of hydrogen-bond acceptors (Lipinski definition) is 3. The van der Waals surface area contributed by atoms with Gasteiger partial charge in [0.05, 0.1) is 28.1 Å². The molecule has 0 aliphatic heterocycles. The van der Waals surface area contributed by atoms with Gasteiger partial charge in [0.25, 0.3) is 0 Å². The smallest absolute Gasteiger partial charge is 0.354 e. The van der Waals surface area contributed by atoms with Gasteiger partial charge in [-0.15, -0.1) is 0 Å². The first kappa shape index (κ1) is 12.0. The number of pyridine rings is 1. The lowest BCUT2D eigenvalue weighted by Crippen LogP contribution is -2.01. The molecule has 1 aromatic heterocycles. The molecule has 17 heavy (non-hydrogen) atoms. The van der Waals surface area contributed by atoms with Gasteiger partial charge in [-0.1, -0.05) is 23.2 Å². The van der Waals surface area contributed by atoms with Gasteiger partial charge < -0.3 is 9.84 Å². The molecule has 0 saturated heterocycles. The Balaban J connectivity index is 2.89. The van der Waals surface area contributed by atoms with Gasteiger partial charge in [-0.3, -0.25) is 0 Å². The number of methoxy groups -OCH3 is 1. The molecule has 1 heterocycles. The predicted molar refractivity (Wildman–Crippen MR) is 65.3 cm³/mol. The van der Waals surface area contributed by atoms with Crippen LogP contribution in [0.5, 0.6) is 5.75 Å². The Labute approximate surface area is 107 Å². The van der Waals surface area contributed by atoms with E-state index in [-0.39, 0.29) is 10.7 Å². The van der Waals surface area contributed by atoms with E-state index in [0.717, 1.165) is 0 Å². The van der Waals surface area contributed by atoms with Crippen molar-refractivity contribution in [3.63, 3.8) is 0 Å². The molecule has 1 aromatic carbocycles. The highest BCUT2D eigenvalue weighted by Crippen LogP contribution is 2.35. The summed E-state index contributed by atoms with van der Waals surface area (Å²) in [6, 6.07) is 4.50. The van der Waals surface area contributed by atoms with Crippen LogP contribution >= 0.6 is 23.2 Å². The fourth-order valence-corrected chi connectivity index (χ4v) is 2.00. The number of carbonyl (C=O) groups is 1. The standard InChI is InChI=1S/C11H7Cl2NO3/c1-17-8-3-2-5(12)10-9(8)6(13)4-7(14-10)11(15)16/h2-4H,1H3,(H,15,16). The van der Waals surface area contributed by atoms with Crippen LogP contribution in [0.3, 0.4) is 0 Å². The molecule has 88 valence electrons. The second kappa shape index (κ2) is 4.39. The van der Waals surface area contributed by atoms with Crippen molar-refractivity contribution in [2.45, 2.75) is 0 Å². The third-order valence-corrected chi connectivity index (χ3v) is 2.87. The number of aromatic carboxylic acids is 1. The van der Waals surface area contributed by atoms with Crippen LogP contribution in [0.25, 0.3) is 10.9 Å². The first-order valence-electron chi connectivity index (χ1n) is 4.60. The van der Waals surface area contributed by atoms with Crippen molar-refractivity contribution in [3.8, 4) is 5.75 Å². The number of ether oxygens (including phenoxy) is 1. The molecule has 2 aromatic rings. The van der Waals surface area contributed by atoms with Gasteiger partial charge in [-0.2, -0.15) is 0 Å². The van der Waals surface area contributed by atoms with Crippen LogP contribution in [0.15, 0.2) is 18.2 Å². The largest absolute Gasteiger partial charge is 0.496 e. The van der Waals surface area contributed by atoms with E-state index >= 15 is 0 Å². The lowest BCUT2D eigenvalue weighted by Gasteiger charge is -2.08. The number of fused-ring (bicyclic) bond motifs is 1. The summed E-state index contributed by atoms with van der Waals surface area (Å²) < 4.78 is 5.13. The van der Waals surface area contributed by atoms with Gasteiger partial charge in [0.2, 0.25) is 0 Å². The molecular weight excluding hydrogens is 265 g/mol. The Morgan fingerprint density at radius 3 is 2.65 bits per heavy atom. The number of benzene rings is 1. The zero-order chi connectivity index (χ0) is 12.6. The number of carboxylic acid groups (broad SMARTS) is 1. The molecule has 0 amide bonds. The zero-order valence-electron chi connectivity index (χ0n) is 8.70. The van der Waals surface area contributed by atoms with E-state index in [1.54, 1.807) is 12.1 Å². The highest BCUT2D eigenvalue weighted by atomic mass is 35.5. The minimum atomic E-state index is -1.16. The van der Waals surface area contributed by atoms with Crippen molar-refractivity contribution in [3.05, 3.63) is 33.9 Å². The SMILES string of the molecule is COc1ccc(Cl)c2nc(C(=O)O)cc(Cl)c12. The number of halogens is 2. The van der Waals surface area contributed by atoms with Crippen LogP contribution in [0.2, 0.25) is 10.0 Å². The third-order valence-electron chi connectivity index (χ3n) is 2.26. The molecule has 0 saturated carbocycles. The van der Waals surface area contributed by atoms with E-state index in [0.29, 0.717) is 21.7 Å². The van der Waals surface area contributed by atoms with E-state index in [4.69, 9.17) is 33.0 Å². The topological polar surface area (TPSA) is 59.4 Å². The van der Waals surface area contributed by atoms with Crippen LogP contribution in [-0.2, 0) is 0 Å². The van der Waals surface area contributed by atoms with Gasteiger partial charge in [-0.05, 0) is 18.2 Å². The van der Waals surface area contributed by atoms with Crippen molar-refractivity contribution in [1.82, 2.24) is 4.98 Å². The van der Waals surface area contributed by atoms with E-state index in [9.17, 15) is 4.79 Å². The summed E-state index contributed by atoms with van der Waals surface area (Å²) in [5, 5.41) is 9.96. The number of hydrogen-bond donors (Lipinski definition) is 1. The first-order chi connectivity index (χ1) is 8.04. The Morgan fingerprint density at radius 2 is 2.06 bits per heavy atom. The fraction of sp³-hybridized carbons (Fsp3) is 0.0909. The number of carboxylic acids is 1. The van der Waals surface area contributed by atoms with E-state index < -0.39 is 5.97 Å². The molecule has 1 N–H and O–H groups in total. The molecule has 0 atom stereocenters. The summed E-state index contributed by atoms with van der Waals surface area (Å²) in [6.45, 7) is 0. The summed E-state index contributed by atoms with van der Waals surface area (Å²) in [5.74, 6) is -0.661. The van der Waals surface area contributed by atoms with E-state index in [2.05, 4.69) is 4.98 Å². The Bertz CT molecular complexity index is 613. The second-order valence-corrected chi connectivity index (χ2v) is 4.08. The molecule has 0 bridgehead atoms. The lowest BCUT2D eigenvalue weighted by atomic mass is 10.2. The van der Waals surface area contributed by atoms with Gasteiger partial charge in [-0.25, -0.2) is 9.78 Å². The molecule has 6 heteroatoms. The average Bonchev–Trinajstić information content (AvgIpc) is 2.30. The molecule has 0 spiro atoms.